The second kappa shape index (κ2) is 10.4. The van der Waals surface area contributed by atoms with Gasteiger partial charge in [0.25, 0.3) is 0 Å². The molecule has 0 spiro atoms. The third-order valence-electron chi connectivity index (χ3n) is 7.62. The molecule has 2 aromatic carbocycles. The number of rotatable bonds is 8. The molecule has 2 aliphatic carbocycles. The molecule has 0 radical (unpaired) electrons. The first-order valence-corrected chi connectivity index (χ1v) is 12.5. The molecule has 38 heavy (non-hydrogen) atoms. The summed E-state index contributed by atoms with van der Waals surface area (Å²) in [4.78, 5) is 51.5. The molecule has 1 amide bonds. The first-order chi connectivity index (χ1) is 18.0. The van der Waals surface area contributed by atoms with Crippen LogP contribution in [0.5, 0.6) is 5.75 Å². The molecule has 9 heteroatoms. The second-order valence-electron chi connectivity index (χ2n) is 10.3. The van der Waals surface area contributed by atoms with E-state index in [0.29, 0.717) is 35.1 Å². The number of hydrogen-bond donors (Lipinski definition) is 4. The molecular formula is C29H32N2O7. The molecule has 2 aliphatic rings. The number of allylic oxidation sites excluding steroid dienone is 1. The van der Waals surface area contributed by atoms with Crippen LogP contribution in [0.1, 0.15) is 47.7 Å². The predicted octanol–water partition coefficient (Wildman–Crippen LogP) is 2.80. The van der Waals surface area contributed by atoms with Crippen molar-refractivity contribution in [3.8, 4) is 16.9 Å². The molecule has 200 valence electrons. The third kappa shape index (κ3) is 4.69. The fraction of sp³-hybridized carbons (Fsp3) is 0.379. The lowest BCUT2D eigenvalue weighted by atomic mass is 9.63. The first kappa shape index (κ1) is 27.1. The van der Waals surface area contributed by atoms with Crippen molar-refractivity contribution in [2.75, 3.05) is 25.6 Å². The number of nitrogens with two attached hydrogens (primary N) is 1. The highest BCUT2D eigenvalue weighted by atomic mass is 16.3. The summed E-state index contributed by atoms with van der Waals surface area (Å²) in [5.41, 5.74) is 8.35. The van der Waals surface area contributed by atoms with E-state index in [9.17, 15) is 34.5 Å². The minimum atomic E-state index is -1.21. The fourth-order valence-corrected chi connectivity index (χ4v) is 5.88. The lowest BCUT2D eigenvalue weighted by Gasteiger charge is -2.40. The highest BCUT2D eigenvalue weighted by Crippen LogP contribution is 2.51. The monoisotopic (exact) mass is 520 g/mol. The maximum atomic E-state index is 13.7. The van der Waals surface area contributed by atoms with E-state index < -0.39 is 41.6 Å². The smallest absolute Gasteiger partial charge is 0.224 e. The summed E-state index contributed by atoms with van der Waals surface area (Å²) >= 11 is 0. The molecule has 9 nitrogen and oxygen atoms in total. The van der Waals surface area contributed by atoms with E-state index in [1.165, 1.54) is 6.92 Å². The van der Waals surface area contributed by atoms with E-state index in [-0.39, 0.29) is 41.5 Å². The van der Waals surface area contributed by atoms with E-state index in [1.807, 2.05) is 25.1 Å². The van der Waals surface area contributed by atoms with Crippen LogP contribution in [0.4, 0.5) is 5.69 Å². The van der Waals surface area contributed by atoms with Crippen molar-refractivity contribution in [3.05, 3.63) is 52.6 Å². The van der Waals surface area contributed by atoms with Crippen LogP contribution in [0.15, 0.2) is 35.9 Å². The topological polar surface area (TPSA) is 158 Å². The molecule has 1 saturated carbocycles. The zero-order chi connectivity index (χ0) is 27.9. The lowest BCUT2D eigenvalue weighted by Crippen LogP contribution is -2.43. The van der Waals surface area contributed by atoms with Gasteiger partial charge in [-0.2, -0.15) is 0 Å². The highest BCUT2D eigenvalue weighted by molar-refractivity contribution is 6.17. The number of aliphatic hydroxyl groups excluding tert-OH is 2. The van der Waals surface area contributed by atoms with Crippen molar-refractivity contribution in [3.63, 3.8) is 0 Å². The molecule has 4 rings (SSSR count). The van der Waals surface area contributed by atoms with Gasteiger partial charge in [0.2, 0.25) is 5.91 Å². The summed E-state index contributed by atoms with van der Waals surface area (Å²) in [6.45, 7) is 1.23. The Kier molecular flexibility index (Phi) is 7.42. The maximum absolute atomic E-state index is 13.7. The Morgan fingerprint density at radius 2 is 1.76 bits per heavy atom. The Balaban J connectivity index is 1.89. The van der Waals surface area contributed by atoms with Crippen LogP contribution in [0, 0.1) is 17.8 Å². The van der Waals surface area contributed by atoms with Crippen LogP contribution >= 0.6 is 0 Å². The van der Waals surface area contributed by atoms with Gasteiger partial charge in [0.15, 0.2) is 17.3 Å². The fourth-order valence-electron chi connectivity index (χ4n) is 5.88. The number of fused-ring (bicyclic) bond motifs is 2. The van der Waals surface area contributed by atoms with Crippen molar-refractivity contribution in [2.24, 2.45) is 23.5 Å². The van der Waals surface area contributed by atoms with Gasteiger partial charge in [-0.15, -0.1) is 0 Å². The largest absolute Gasteiger partial charge is 0.507 e. The standard InChI is InChI=1S/C29H32N2O7/c1-14(33)15-4-6-16(7-5-15)19-12-21(31(2)3)20-11-18-10-17(8-9-32)24(22(34)13-23(30)35)28(37)25(18)29(38)26(20)27(19)36/h4-7,12,17-18,24,32,36,38H,8-11,13H2,1-3H3,(H2,30,35). The number of carbonyl (C=O) groups is 4. The second-order valence-corrected chi connectivity index (χ2v) is 10.3. The normalized spacial score (nSPS) is 20.5. The number of aliphatic hydroxyl groups is 2. The van der Waals surface area contributed by atoms with E-state index in [0.717, 1.165) is 5.69 Å². The number of Topliss-reactive ketones (excluding diaryl/α,β-unsaturated/α-hetero) is 3. The van der Waals surface area contributed by atoms with E-state index in [2.05, 4.69) is 0 Å². The van der Waals surface area contributed by atoms with Gasteiger partial charge in [-0.25, -0.2) is 0 Å². The molecule has 0 aromatic heterocycles. The predicted molar refractivity (Wildman–Crippen MR) is 142 cm³/mol. The average Bonchev–Trinajstić information content (AvgIpc) is 2.83. The summed E-state index contributed by atoms with van der Waals surface area (Å²) < 4.78 is 0. The number of aromatic hydroxyl groups is 1. The van der Waals surface area contributed by atoms with Crippen molar-refractivity contribution in [1.29, 1.82) is 0 Å². The van der Waals surface area contributed by atoms with Crippen LogP contribution in [0.25, 0.3) is 16.9 Å². The van der Waals surface area contributed by atoms with Gasteiger partial charge in [0.05, 0.1) is 17.9 Å². The molecule has 2 aromatic rings. The maximum Gasteiger partial charge on any atom is 0.224 e. The summed E-state index contributed by atoms with van der Waals surface area (Å²) in [5, 5.41) is 32.5. The Bertz CT molecular complexity index is 1360. The molecule has 0 bridgehead atoms. The van der Waals surface area contributed by atoms with E-state index >= 15 is 0 Å². The Labute approximate surface area is 220 Å². The lowest BCUT2D eigenvalue weighted by molar-refractivity contribution is -0.137. The van der Waals surface area contributed by atoms with Crippen LogP contribution in [-0.2, 0) is 20.8 Å². The van der Waals surface area contributed by atoms with Crippen LogP contribution in [0.2, 0.25) is 0 Å². The number of anilines is 1. The number of benzene rings is 2. The minimum Gasteiger partial charge on any atom is -0.507 e. The van der Waals surface area contributed by atoms with Gasteiger partial charge in [-0.1, -0.05) is 24.3 Å². The van der Waals surface area contributed by atoms with Crippen LogP contribution in [0.3, 0.4) is 0 Å². The van der Waals surface area contributed by atoms with Gasteiger partial charge in [-0.3, -0.25) is 19.2 Å². The third-order valence-corrected chi connectivity index (χ3v) is 7.62. The quantitative estimate of drug-likeness (QED) is 0.306. The molecule has 5 N–H and O–H groups in total. The van der Waals surface area contributed by atoms with Gasteiger partial charge in [0.1, 0.15) is 11.5 Å². The summed E-state index contributed by atoms with van der Waals surface area (Å²) in [6, 6.07) is 8.53. The van der Waals surface area contributed by atoms with Crippen molar-refractivity contribution < 1.29 is 34.5 Å². The van der Waals surface area contributed by atoms with Crippen LogP contribution in [-0.4, -0.2) is 59.3 Å². The SMILES string of the molecule is CC(=O)c1ccc(-c2cc(N(C)C)c3c(c2O)C(O)=C2C(=O)C(C(=O)CC(N)=O)C(CCO)CC2C3)cc1. The summed E-state index contributed by atoms with van der Waals surface area (Å²) in [6.07, 6.45) is 0.273. The molecule has 0 saturated heterocycles. The first-order valence-electron chi connectivity index (χ1n) is 12.5. The van der Waals surface area contributed by atoms with Crippen LogP contribution < -0.4 is 10.6 Å². The minimum absolute atomic E-state index is 0.0543. The molecule has 0 heterocycles. The molecule has 0 aliphatic heterocycles. The Morgan fingerprint density at radius 3 is 2.32 bits per heavy atom. The van der Waals surface area contributed by atoms with Gasteiger partial charge >= 0.3 is 0 Å². The van der Waals surface area contributed by atoms with Gasteiger partial charge < -0.3 is 26.0 Å². The Hall–Kier alpha value is -3.98. The molecule has 3 atom stereocenters. The number of phenolic OH excluding ortho intramolecular Hbond substituents is 1. The number of hydrogen-bond acceptors (Lipinski definition) is 8. The van der Waals surface area contributed by atoms with Gasteiger partial charge in [0, 0.05) is 43.1 Å². The number of carbonyl (C=O) groups excluding carboxylic acids is 4. The number of phenols is 1. The number of primary amides is 1. The molecule has 3 unspecified atom stereocenters. The number of nitrogens with zero attached hydrogens (tertiary/aromatic N) is 1. The van der Waals surface area contributed by atoms with Crippen molar-refractivity contribution in [1.82, 2.24) is 0 Å². The highest BCUT2D eigenvalue weighted by Gasteiger charge is 2.48. The molecule has 1 fully saturated rings. The molecular weight excluding hydrogens is 488 g/mol. The zero-order valence-corrected chi connectivity index (χ0v) is 21.7. The average molecular weight is 521 g/mol. The number of amides is 1. The summed E-state index contributed by atoms with van der Waals surface area (Å²) in [5.74, 6) is -4.92. The Morgan fingerprint density at radius 1 is 1.11 bits per heavy atom. The number of ketones is 3. The van der Waals surface area contributed by atoms with E-state index in [1.54, 1.807) is 24.3 Å². The van der Waals surface area contributed by atoms with Crippen molar-refractivity contribution >= 4 is 34.7 Å². The zero-order valence-electron chi connectivity index (χ0n) is 21.7. The summed E-state index contributed by atoms with van der Waals surface area (Å²) in [7, 11) is 3.68. The van der Waals surface area contributed by atoms with Gasteiger partial charge in [-0.05, 0) is 55.2 Å². The van der Waals surface area contributed by atoms with Crippen molar-refractivity contribution in [2.45, 2.75) is 32.6 Å². The van der Waals surface area contributed by atoms with E-state index in [4.69, 9.17) is 5.73 Å².